The first kappa shape index (κ1) is 9.71. The van der Waals surface area contributed by atoms with E-state index in [4.69, 9.17) is 5.11 Å². The van der Waals surface area contributed by atoms with Crippen LogP contribution >= 0.6 is 0 Å². The normalized spacial score (nSPS) is 27.9. The number of aliphatic hydroxyl groups is 1. The summed E-state index contributed by atoms with van der Waals surface area (Å²) >= 11 is 0. The third kappa shape index (κ3) is 1.98. The number of hydrogen-bond donors (Lipinski definition) is 1. The van der Waals surface area contributed by atoms with Gasteiger partial charge in [-0.1, -0.05) is 6.92 Å². The fourth-order valence-corrected chi connectivity index (χ4v) is 2.20. The van der Waals surface area contributed by atoms with Gasteiger partial charge in [0, 0.05) is 12.2 Å². The maximum atomic E-state index is 8.92. The predicted octanol–water partition coefficient (Wildman–Crippen LogP) is 2.13. The molecule has 78 valence electrons. The summed E-state index contributed by atoms with van der Waals surface area (Å²) in [5.74, 6) is 0.882. The Morgan fingerprint density at radius 3 is 2.71 bits per heavy atom. The van der Waals surface area contributed by atoms with Crippen LogP contribution in [-0.2, 0) is 6.61 Å². The molecule has 2 rings (SSSR count). The summed E-state index contributed by atoms with van der Waals surface area (Å²) in [4.78, 5) is 4.14. The van der Waals surface area contributed by atoms with Crippen LogP contribution in [0, 0.1) is 5.92 Å². The van der Waals surface area contributed by atoms with Crippen molar-refractivity contribution in [2.75, 3.05) is 0 Å². The molecule has 1 fully saturated rings. The smallest absolute Gasteiger partial charge is 0.0953 e. The van der Waals surface area contributed by atoms with Crippen molar-refractivity contribution >= 4 is 0 Å². The van der Waals surface area contributed by atoms with E-state index in [2.05, 4.69) is 16.5 Å². The molecule has 0 radical (unpaired) electrons. The highest BCUT2D eigenvalue weighted by atomic mass is 16.3. The first-order valence-corrected chi connectivity index (χ1v) is 5.43. The Kier molecular flexibility index (Phi) is 2.87. The fourth-order valence-electron chi connectivity index (χ4n) is 2.20. The SMILES string of the molecule is CC1CCC(n2cnc(CO)c2)CC1. The summed E-state index contributed by atoms with van der Waals surface area (Å²) in [5, 5.41) is 8.92. The van der Waals surface area contributed by atoms with Gasteiger partial charge in [0.15, 0.2) is 0 Å². The van der Waals surface area contributed by atoms with Gasteiger partial charge in [-0.25, -0.2) is 4.98 Å². The highest BCUT2D eigenvalue weighted by Gasteiger charge is 2.19. The number of aromatic nitrogens is 2. The number of aliphatic hydroxyl groups excluding tert-OH is 1. The van der Waals surface area contributed by atoms with E-state index in [9.17, 15) is 0 Å². The first-order valence-electron chi connectivity index (χ1n) is 5.43. The van der Waals surface area contributed by atoms with Gasteiger partial charge >= 0.3 is 0 Å². The molecule has 1 aliphatic carbocycles. The summed E-state index contributed by atoms with van der Waals surface area (Å²) in [6.45, 7) is 2.37. The van der Waals surface area contributed by atoms with Gasteiger partial charge in [0.1, 0.15) is 0 Å². The molecule has 0 spiro atoms. The van der Waals surface area contributed by atoms with Crippen molar-refractivity contribution in [3.8, 4) is 0 Å². The minimum absolute atomic E-state index is 0.0517. The maximum Gasteiger partial charge on any atom is 0.0953 e. The lowest BCUT2D eigenvalue weighted by atomic mass is 9.87. The molecule has 3 nitrogen and oxygen atoms in total. The molecule has 0 aromatic carbocycles. The van der Waals surface area contributed by atoms with Gasteiger partial charge in [-0.15, -0.1) is 0 Å². The summed E-state index contributed by atoms with van der Waals surface area (Å²) in [7, 11) is 0. The lowest BCUT2D eigenvalue weighted by Gasteiger charge is -2.26. The summed E-state index contributed by atoms with van der Waals surface area (Å²) < 4.78 is 2.16. The molecule has 0 unspecified atom stereocenters. The Labute approximate surface area is 84.8 Å². The number of imidazole rings is 1. The molecule has 0 aliphatic heterocycles. The van der Waals surface area contributed by atoms with Crippen molar-refractivity contribution < 1.29 is 5.11 Å². The second kappa shape index (κ2) is 4.13. The quantitative estimate of drug-likeness (QED) is 0.783. The third-order valence-corrected chi connectivity index (χ3v) is 3.22. The minimum atomic E-state index is 0.0517. The van der Waals surface area contributed by atoms with Crippen LogP contribution in [0.1, 0.15) is 44.3 Å². The Balaban J connectivity index is 2.01. The van der Waals surface area contributed by atoms with Crippen LogP contribution in [0.25, 0.3) is 0 Å². The van der Waals surface area contributed by atoms with Crippen molar-refractivity contribution in [3.05, 3.63) is 18.2 Å². The van der Waals surface area contributed by atoms with Crippen molar-refractivity contribution in [2.24, 2.45) is 5.92 Å². The lowest BCUT2D eigenvalue weighted by molar-refractivity contribution is 0.275. The lowest BCUT2D eigenvalue weighted by Crippen LogP contribution is -2.15. The first-order chi connectivity index (χ1) is 6.79. The topological polar surface area (TPSA) is 38.0 Å². The molecule has 1 N–H and O–H groups in total. The maximum absolute atomic E-state index is 8.92. The van der Waals surface area contributed by atoms with Gasteiger partial charge in [0.25, 0.3) is 0 Å². The van der Waals surface area contributed by atoms with Gasteiger partial charge in [-0.05, 0) is 31.6 Å². The molecule has 1 aromatic rings. The van der Waals surface area contributed by atoms with Gasteiger partial charge < -0.3 is 9.67 Å². The van der Waals surface area contributed by atoms with E-state index in [1.807, 2.05) is 12.5 Å². The van der Waals surface area contributed by atoms with Gasteiger partial charge in [-0.3, -0.25) is 0 Å². The molecule has 0 atom stereocenters. The summed E-state index contributed by atoms with van der Waals surface area (Å²) in [5.41, 5.74) is 0.781. The second-order valence-electron chi connectivity index (χ2n) is 4.38. The molecule has 1 saturated carbocycles. The highest BCUT2D eigenvalue weighted by Crippen LogP contribution is 2.31. The van der Waals surface area contributed by atoms with Crippen molar-refractivity contribution in [2.45, 2.75) is 45.3 Å². The zero-order valence-electron chi connectivity index (χ0n) is 8.69. The summed E-state index contributed by atoms with van der Waals surface area (Å²) in [6.07, 6.45) is 8.96. The van der Waals surface area contributed by atoms with Gasteiger partial charge in [-0.2, -0.15) is 0 Å². The molecule has 1 aromatic heterocycles. The van der Waals surface area contributed by atoms with Crippen LogP contribution in [0.5, 0.6) is 0 Å². The molecule has 1 aliphatic rings. The number of rotatable bonds is 2. The Morgan fingerprint density at radius 2 is 2.14 bits per heavy atom. The molecule has 0 amide bonds. The van der Waals surface area contributed by atoms with Crippen LogP contribution in [0.4, 0.5) is 0 Å². The molecular weight excluding hydrogens is 176 g/mol. The molecular formula is C11H18N2O. The van der Waals surface area contributed by atoms with Gasteiger partial charge in [0.2, 0.25) is 0 Å². The van der Waals surface area contributed by atoms with Crippen molar-refractivity contribution in [3.63, 3.8) is 0 Å². The molecule has 14 heavy (non-hydrogen) atoms. The monoisotopic (exact) mass is 194 g/mol. The van der Waals surface area contributed by atoms with Crippen LogP contribution in [0.3, 0.4) is 0 Å². The van der Waals surface area contributed by atoms with Crippen LogP contribution in [-0.4, -0.2) is 14.7 Å². The van der Waals surface area contributed by atoms with Crippen LogP contribution < -0.4 is 0 Å². The minimum Gasteiger partial charge on any atom is -0.390 e. The largest absolute Gasteiger partial charge is 0.390 e. The zero-order valence-corrected chi connectivity index (χ0v) is 8.69. The van der Waals surface area contributed by atoms with Gasteiger partial charge in [0.05, 0.1) is 18.6 Å². The average molecular weight is 194 g/mol. The molecule has 1 heterocycles. The van der Waals surface area contributed by atoms with Crippen molar-refractivity contribution in [1.82, 2.24) is 9.55 Å². The molecule has 3 heteroatoms. The standard InChI is InChI=1S/C11H18N2O/c1-9-2-4-11(5-3-9)13-6-10(7-14)12-8-13/h6,8-9,11,14H,2-5,7H2,1H3. The van der Waals surface area contributed by atoms with E-state index in [1.165, 1.54) is 25.7 Å². The van der Waals surface area contributed by atoms with E-state index in [-0.39, 0.29) is 6.61 Å². The Morgan fingerprint density at radius 1 is 1.43 bits per heavy atom. The van der Waals surface area contributed by atoms with Crippen LogP contribution in [0.15, 0.2) is 12.5 Å². The zero-order chi connectivity index (χ0) is 9.97. The van der Waals surface area contributed by atoms with E-state index >= 15 is 0 Å². The van der Waals surface area contributed by atoms with Crippen LogP contribution in [0.2, 0.25) is 0 Å². The van der Waals surface area contributed by atoms with E-state index < -0.39 is 0 Å². The highest BCUT2D eigenvalue weighted by molar-refractivity contribution is 4.96. The number of hydrogen-bond acceptors (Lipinski definition) is 2. The Hall–Kier alpha value is -0.830. The predicted molar refractivity (Wildman–Crippen MR) is 54.8 cm³/mol. The van der Waals surface area contributed by atoms with E-state index in [0.29, 0.717) is 6.04 Å². The number of nitrogens with zero attached hydrogens (tertiary/aromatic N) is 2. The fraction of sp³-hybridized carbons (Fsp3) is 0.727. The average Bonchev–Trinajstić information content (AvgIpc) is 2.67. The van der Waals surface area contributed by atoms with E-state index in [1.54, 1.807) is 0 Å². The van der Waals surface area contributed by atoms with Crippen molar-refractivity contribution in [1.29, 1.82) is 0 Å². The second-order valence-corrected chi connectivity index (χ2v) is 4.38. The van der Waals surface area contributed by atoms with E-state index in [0.717, 1.165) is 11.6 Å². The Bertz CT molecular complexity index is 287. The molecule has 0 saturated heterocycles. The molecule has 0 bridgehead atoms. The third-order valence-electron chi connectivity index (χ3n) is 3.22. The summed E-state index contributed by atoms with van der Waals surface area (Å²) in [6, 6.07) is 0.610.